The van der Waals surface area contributed by atoms with Crippen LogP contribution in [0.4, 0.5) is 0 Å². The van der Waals surface area contributed by atoms with Crippen molar-refractivity contribution in [1.29, 1.82) is 0 Å². The van der Waals surface area contributed by atoms with E-state index in [9.17, 15) is 9.59 Å². The molecule has 0 radical (unpaired) electrons. The Balaban J connectivity index is 1.72. The molecule has 2 aromatic carbocycles. The quantitative estimate of drug-likeness (QED) is 0.229. The highest BCUT2D eigenvalue weighted by Gasteiger charge is 2.16. The highest BCUT2D eigenvalue weighted by molar-refractivity contribution is 8.16. The first-order chi connectivity index (χ1) is 17.4. The minimum absolute atomic E-state index is 0.0446. The van der Waals surface area contributed by atoms with Gasteiger partial charge in [0.1, 0.15) is 0 Å². The number of hydrogen-bond donors (Lipinski definition) is 1. The van der Waals surface area contributed by atoms with Gasteiger partial charge in [-0.05, 0) is 55.3 Å². The fraction of sp³-hybridized carbons (Fsp3) is 0.321. The van der Waals surface area contributed by atoms with Gasteiger partial charge in [-0.15, -0.1) is 23.5 Å². The van der Waals surface area contributed by atoms with Gasteiger partial charge in [-0.1, -0.05) is 48.0 Å². The average Bonchev–Trinajstić information content (AvgIpc) is 2.87. The second-order valence-electron chi connectivity index (χ2n) is 8.11. The molecule has 0 aliphatic rings. The Hall–Kier alpha value is -2.48. The predicted octanol–water partition coefficient (Wildman–Crippen LogP) is 7.26. The summed E-state index contributed by atoms with van der Waals surface area (Å²) >= 11 is 9.41. The normalized spacial score (nSPS) is 12.2. The summed E-state index contributed by atoms with van der Waals surface area (Å²) in [7, 11) is 0. The molecule has 0 spiro atoms. The second kappa shape index (κ2) is 14.3. The Labute approximate surface area is 226 Å². The smallest absolute Gasteiger partial charge is 0.304 e. The lowest BCUT2D eigenvalue weighted by atomic mass is 10.1. The first-order valence-electron chi connectivity index (χ1n) is 12.0. The maximum atomic E-state index is 12.4. The maximum Gasteiger partial charge on any atom is 0.304 e. The number of rotatable bonds is 13. The zero-order valence-corrected chi connectivity index (χ0v) is 22.9. The van der Waals surface area contributed by atoms with Crippen molar-refractivity contribution in [2.75, 3.05) is 24.6 Å². The number of aromatic nitrogens is 1. The molecule has 1 amide bonds. The Morgan fingerprint density at radius 2 is 1.72 bits per heavy atom. The zero-order valence-electron chi connectivity index (χ0n) is 20.5. The maximum absolute atomic E-state index is 12.4. The molecule has 3 aromatic rings. The third-order valence-electron chi connectivity index (χ3n) is 5.59. The summed E-state index contributed by atoms with van der Waals surface area (Å²) in [5.41, 5.74) is 3.83. The lowest BCUT2D eigenvalue weighted by Crippen LogP contribution is -2.30. The van der Waals surface area contributed by atoms with Crippen molar-refractivity contribution < 1.29 is 14.7 Å². The molecule has 0 fully saturated rings. The summed E-state index contributed by atoms with van der Waals surface area (Å²) < 4.78 is 0.0446. The van der Waals surface area contributed by atoms with Gasteiger partial charge in [0.2, 0.25) is 5.91 Å². The van der Waals surface area contributed by atoms with Gasteiger partial charge < -0.3 is 10.0 Å². The van der Waals surface area contributed by atoms with Crippen LogP contribution in [0.2, 0.25) is 5.02 Å². The Morgan fingerprint density at radius 1 is 1.00 bits per heavy atom. The van der Waals surface area contributed by atoms with Gasteiger partial charge in [0.15, 0.2) is 0 Å². The number of carboxylic acid groups (broad SMARTS) is 1. The Bertz CT molecular complexity index is 1210. The highest BCUT2D eigenvalue weighted by Crippen LogP contribution is 2.40. The fourth-order valence-electron chi connectivity index (χ4n) is 3.67. The van der Waals surface area contributed by atoms with Gasteiger partial charge in [-0.25, -0.2) is 4.98 Å². The number of aliphatic carboxylic acids is 1. The van der Waals surface area contributed by atoms with Crippen molar-refractivity contribution in [3.63, 3.8) is 0 Å². The molecule has 1 heterocycles. The van der Waals surface area contributed by atoms with E-state index in [2.05, 4.69) is 17.1 Å². The monoisotopic (exact) mass is 542 g/mol. The molecular weight excluding hydrogens is 512 g/mol. The number of amides is 1. The van der Waals surface area contributed by atoms with E-state index in [1.165, 1.54) is 0 Å². The SMILES string of the molecule is CCN(CC)C(=O)CCSC(SCCC(=O)O)c1cccc(C=Cc2ccc3ccc(Cl)cc3n2)c1. The molecule has 1 unspecified atom stereocenters. The average molecular weight is 543 g/mol. The molecule has 3 rings (SSSR count). The summed E-state index contributed by atoms with van der Waals surface area (Å²) in [6.07, 6.45) is 4.58. The van der Waals surface area contributed by atoms with Crippen LogP contribution in [0.1, 0.15) is 48.1 Å². The first-order valence-corrected chi connectivity index (χ1v) is 14.4. The van der Waals surface area contributed by atoms with Crippen molar-refractivity contribution in [3.05, 3.63) is 76.4 Å². The van der Waals surface area contributed by atoms with Gasteiger partial charge in [-0.2, -0.15) is 0 Å². The topological polar surface area (TPSA) is 70.5 Å². The summed E-state index contributed by atoms with van der Waals surface area (Å²) in [5, 5.41) is 10.8. The third-order valence-corrected chi connectivity index (χ3v) is 8.67. The molecule has 0 aliphatic carbocycles. The van der Waals surface area contributed by atoms with Crippen LogP contribution in [-0.4, -0.2) is 51.5 Å². The van der Waals surface area contributed by atoms with E-state index in [1.54, 1.807) is 23.5 Å². The van der Waals surface area contributed by atoms with Gasteiger partial charge in [-0.3, -0.25) is 9.59 Å². The number of thioether (sulfide) groups is 2. The molecule has 8 heteroatoms. The van der Waals surface area contributed by atoms with E-state index in [4.69, 9.17) is 16.7 Å². The number of carboxylic acids is 1. The van der Waals surface area contributed by atoms with Gasteiger partial charge >= 0.3 is 5.97 Å². The number of fused-ring (bicyclic) bond motifs is 1. The van der Waals surface area contributed by atoms with Crippen LogP contribution in [0.5, 0.6) is 0 Å². The number of carbonyl (C=O) groups is 2. The van der Waals surface area contributed by atoms with Crippen LogP contribution in [-0.2, 0) is 9.59 Å². The van der Waals surface area contributed by atoms with Gasteiger partial charge in [0.05, 0.1) is 22.2 Å². The van der Waals surface area contributed by atoms with E-state index < -0.39 is 5.97 Å². The number of pyridine rings is 1. The molecule has 0 saturated heterocycles. The van der Waals surface area contributed by atoms with Crippen LogP contribution >= 0.6 is 35.1 Å². The van der Waals surface area contributed by atoms with Gasteiger partial charge in [0.25, 0.3) is 0 Å². The minimum Gasteiger partial charge on any atom is -0.481 e. The van der Waals surface area contributed by atoms with E-state index in [0.717, 1.165) is 27.7 Å². The summed E-state index contributed by atoms with van der Waals surface area (Å²) in [5.74, 6) is 0.552. The number of halogens is 1. The van der Waals surface area contributed by atoms with Crippen LogP contribution in [0, 0.1) is 0 Å². The van der Waals surface area contributed by atoms with Crippen LogP contribution in [0.15, 0.2) is 54.6 Å². The molecular formula is C28H31ClN2O3S2. The third kappa shape index (κ3) is 8.57. The van der Waals surface area contributed by atoms with Crippen molar-refractivity contribution in [2.24, 2.45) is 0 Å². The van der Waals surface area contributed by atoms with E-state index in [1.807, 2.05) is 73.4 Å². The standard InChI is InChI=1S/C28H31ClN2O3S2/c1-3-31(4-2)26(32)14-16-35-28(36-17-15-27(33)34)22-7-5-6-20(18-22)8-12-24-13-10-21-9-11-23(29)19-25(21)30-24/h5-13,18-19,28H,3-4,14-17H2,1-2H3,(H,33,34). The number of hydrogen-bond acceptors (Lipinski definition) is 5. The molecule has 190 valence electrons. The zero-order chi connectivity index (χ0) is 25.9. The second-order valence-corrected chi connectivity index (χ2v) is 11.3. The number of nitrogens with zero attached hydrogens (tertiary/aromatic N) is 2. The predicted molar refractivity (Wildman–Crippen MR) is 155 cm³/mol. The number of carbonyl (C=O) groups excluding carboxylic acids is 1. The lowest BCUT2D eigenvalue weighted by Gasteiger charge is -2.20. The summed E-state index contributed by atoms with van der Waals surface area (Å²) in [6.45, 7) is 5.40. The molecule has 1 aromatic heterocycles. The van der Waals surface area contributed by atoms with E-state index in [-0.39, 0.29) is 16.9 Å². The van der Waals surface area contributed by atoms with Crippen LogP contribution in [0.25, 0.3) is 23.1 Å². The van der Waals surface area contributed by atoms with Crippen molar-refractivity contribution in [1.82, 2.24) is 9.88 Å². The molecule has 1 atom stereocenters. The van der Waals surface area contributed by atoms with Gasteiger partial charge in [0, 0.05) is 41.4 Å². The van der Waals surface area contributed by atoms with Crippen molar-refractivity contribution in [2.45, 2.75) is 31.3 Å². The first kappa shape index (κ1) is 28.1. The van der Waals surface area contributed by atoms with Crippen molar-refractivity contribution in [3.8, 4) is 0 Å². The molecule has 0 saturated carbocycles. The molecule has 5 nitrogen and oxygen atoms in total. The summed E-state index contributed by atoms with van der Waals surface area (Å²) in [4.78, 5) is 30.0. The molecule has 0 bridgehead atoms. The number of benzene rings is 2. The molecule has 1 N–H and O–H groups in total. The van der Waals surface area contributed by atoms with Crippen LogP contribution < -0.4 is 0 Å². The van der Waals surface area contributed by atoms with Crippen LogP contribution in [0.3, 0.4) is 0 Å². The minimum atomic E-state index is -0.802. The largest absolute Gasteiger partial charge is 0.481 e. The Morgan fingerprint density at radius 3 is 2.44 bits per heavy atom. The summed E-state index contributed by atoms with van der Waals surface area (Å²) in [6, 6.07) is 17.9. The van der Waals surface area contributed by atoms with E-state index >= 15 is 0 Å². The van der Waals surface area contributed by atoms with Crippen molar-refractivity contribution >= 4 is 70.1 Å². The fourth-order valence-corrected chi connectivity index (χ4v) is 6.49. The molecule has 36 heavy (non-hydrogen) atoms. The lowest BCUT2D eigenvalue weighted by molar-refractivity contribution is -0.136. The highest BCUT2D eigenvalue weighted by atomic mass is 35.5. The van der Waals surface area contributed by atoms with E-state index in [0.29, 0.717) is 36.0 Å². The molecule has 0 aliphatic heterocycles. The Kier molecular flexibility index (Phi) is 11.2.